The Balaban J connectivity index is 0.000000379. The van der Waals surface area contributed by atoms with Crippen LogP contribution in [-0.2, 0) is 9.63 Å². The van der Waals surface area contributed by atoms with E-state index in [1.54, 1.807) is 32.4 Å². The van der Waals surface area contributed by atoms with Crippen LogP contribution in [0.15, 0.2) is 18.2 Å². The second kappa shape index (κ2) is 9.68. The molecule has 2 amide bonds. The Kier molecular flexibility index (Phi) is 7.90. The molecule has 1 aromatic carbocycles. The van der Waals surface area contributed by atoms with E-state index in [9.17, 15) is 9.59 Å². The van der Waals surface area contributed by atoms with Crippen LogP contribution in [0.4, 0.5) is 0 Å². The van der Waals surface area contributed by atoms with E-state index in [-0.39, 0.29) is 5.91 Å². The molecule has 23 heavy (non-hydrogen) atoms. The highest BCUT2D eigenvalue weighted by atomic mass is 16.7. The molecule has 1 saturated heterocycles. The van der Waals surface area contributed by atoms with Gasteiger partial charge in [-0.2, -0.15) is 0 Å². The van der Waals surface area contributed by atoms with Gasteiger partial charge >= 0.3 is 0 Å². The third-order valence-electron chi connectivity index (χ3n) is 3.46. The highest BCUT2D eigenvalue weighted by Gasteiger charge is 2.20. The molecule has 0 unspecified atom stereocenters. The fourth-order valence-corrected chi connectivity index (χ4v) is 2.12. The van der Waals surface area contributed by atoms with Gasteiger partial charge in [0, 0.05) is 25.7 Å². The maximum Gasteiger partial charge on any atom is 0.253 e. The van der Waals surface area contributed by atoms with Gasteiger partial charge in [0.05, 0.1) is 21.3 Å². The number of hydroxylamine groups is 2. The lowest BCUT2D eigenvalue weighted by Crippen LogP contribution is -2.27. The summed E-state index contributed by atoms with van der Waals surface area (Å²) in [4.78, 5) is 27.9. The van der Waals surface area contributed by atoms with Crippen LogP contribution in [0.1, 0.15) is 23.2 Å². The van der Waals surface area contributed by atoms with E-state index >= 15 is 0 Å². The molecule has 0 aromatic heterocycles. The minimum atomic E-state index is 0.0726. The molecule has 1 aliphatic rings. The number of rotatable bonds is 5. The summed E-state index contributed by atoms with van der Waals surface area (Å²) in [5.74, 6) is 1.31. The Morgan fingerprint density at radius 3 is 2.17 bits per heavy atom. The lowest BCUT2D eigenvalue weighted by atomic mass is 10.2. The predicted octanol–water partition coefficient (Wildman–Crippen LogP) is 1.58. The Bertz CT molecular complexity index is 515. The number of carbonyl (C=O) groups excluding carboxylic acids is 2. The summed E-state index contributed by atoms with van der Waals surface area (Å²) in [5, 5.41) is 1.07. The van der Waals surface area contributed by atoms with Gasteiger partial charge in [0.25, 0.3) is 5.91 Å². The zero-order valence-electron chi connectivity index (χ0n) is 14.1. The van der Waals surface area contributed by atoms with Gasteiger partial charge in [0.15, 0.2) is 11.5 Å². The van der Waals surface area contributed by atoms with Crippen molar-refractivity contribution in [1.82, 2.24) is 9.96 Å². The number of likely N-dealkylation sites (tertiary alicyclic amines) is 1. The maximum atomic E-state index is 12.1. The van der Waals surface area contributed by atoms with Crippen molar-refractivity contribution in [1.29, 1.82) is 0 Å². The summed E-state index contributed by atoms with van der Waals surface area (Å²) in [6.45, 7) is 1.71. The second-order valence-corrected chi connectivity index (χ2v) is 4.90. The van der Waals surface area contributed by atoms with Crippen LogP contribution >= 0.6 is 0 Å². The summed E-state index contributed by atoms with van der Waals surface area (Å²) in [7, 11) is 6.10. The Hall–Kier alpha value is -2.28. The summed E-state index contributed by atoms with van der Waals surface area (Å²) < 4.78 is 10.3. The number of benzene rings is 1. The highest BCUT2D eigenvalue weighted by molar-refractivity contribution is 5.95. The number of ether oxygens (including phenoxy) is 2. The first kappa shape index (κ1) is 18.8. The summed E-state index contributed by atoms with van der Waals surface area (Å²) in [6, 6.07) is 5.28. The molecule has 1 aliphatic heterocycles. The lowest BCUT2D eigenvalue weighted by molar-refractivity contribution is -0.153. The first-order valence-corrected chi connectivity index (χ1v) is 7.30. The molecule has 0 spiro atoms. The molecule has 128 valence electrons. The minimum Gasteiger partial charge on any atom is -0.493 e. The van der Waals surface area contributed by atoms with Crippen LogP contribution in [0.2, 0.25) is 0 Å². The zero-order valence-corrected chi connectivity index (χ0v) is 14.1. The molecular formula is C16H24N2O5. The minimum absolute atomic E-state index is 0.0726. The molecule has 2 rings (SSSR count). The van der Waals surface area contributed by atoms with Crippen LogP contribution in [0.25, 0.3) is 0 Å². The number of carbonyl (C=O) groups is 2. The van der Waals surface area contributed by atoms with Crippen molar-refractivity contribution in [2.45, 2.75) is 12.8 Å². The van der Waals surface area contributed by atoms with E-state index < -0.39 is 0 Å². The van der Waals surface area contributed by atoms with E-state index in [0.717, 1.165) is 31.0 Å². The Morgan fingerprint density at radius 1 is 1.13 bits per heavy atom. The van der Waals surface area contributed by atoms with Crippen molar-refractivity contribution in [3.8, 4) is 11.5 Å². The summed E-state index contributed by atoms with van der Waals surface area (Å²) in [6.07, 6.45) is 2.78. The zero-order chi connectivity index (χ0) is 17.2. The van der Waals surface area contributed by atoms with Crippen LogP contribution in [-0.4, -0.2) is 63.7 Å². The SMILES string of the molecule is CON(C)C=O.COc1ccc(C(=O)N2CCCC2)cc1OC. The number of hydrogen-bond acceptors (Lipinski definition) is 5. The van der Waals surface area contributed by atoms with E-state index in [0.29, 0.717) is 23.5 Å². The van der Waals surface area contributed by atoms with Crippen molar-refractivity contribution < 1.29 is 23.9 Å². The van der Waals surface area contributed by atoms with Gasteiger partial charge in [-0.05, 0) is 31.0 Å². The quantitative estimate of drug-likeness (QED) is 0.607. The van der Waals surface area contributed by atoms with Crippen LogP contribution in [0.5, 0.6) is 11.5 Å². The van der Waals surface area contributed by atoms with Gasteiger partial charge in [0.1, 0.15) is 0 Å². The molecule has 0 atom stereocenters. The van der Waals surface area contributed by atoms with Crippen LogP contribution < -0.4 is 9.47 Å². The normalized spacial score (nSPS) is 13.0. The fourth-order valence-electron chi connectivity index (χ4n) is 2.12. The molecule has 0 radical (unpaired) electrons. The largest absolute Gasteiger partial charge is 0.493 e. The third-order valence-corrected chi connectivity index (χ3v) is 3.46. The molecule has 1 fully saturated rings. The molecule has 1 heterocycles. The smallest absolute Gasteiger partial charge is 0.253 e. The van der Waals surface area contributed by atoms with Crippen molar-refractivity contribution in [3.05, 3.63) is 23.8 Å². The average Bonchev–Trinajstić information content (AvgIpc) is 3.14. The van der Waals surface area contributed by atoms with Crippen molar-refractivity contribution in [2.24, 2.45) is 0 Å². The standard InChI is InChI=1S/C13H17NO3.C3H7NO2/c1-16-11-6-5-10(9-12(11)17-2)13(15)14-7-3-4-8-14;1-4(3-5)6-2/h5-6,9H,3-4,7-8H2,1-2H3;3H,1-2H3. The highest BCUT2D eigenvalue weighted by Crippen LogP contribution is 2.28. The molecule has 0 N–H and O–H groups in total. The molecule has 0 aliphatic carbocycles. The Labute approximate surface area is 136 Å². The van der Waals surface area contributed by atoms with E-state index in [1.807, 2.05) is 4.90 Å². The van der Waals surface area contributed by atoms with Crippen LogP contribution in [0.3, 0.4) is 0 Å². The molecule has 0 bridgehead atoms. The van der Waals surface area contributed by atoms with E-state index in [4.69, 9.17) is 9.47 Å². The average molecular weight is 324 g/mol. The first-order chi connectivity index (χ1) is 11.1. The molecule has 0 saturated carbocycles. The monoisotopic (exact) mass is 324 g/mol. The van der Waals surface area contributed by atoms with E-state index in [1.165, 1.54) is 14.2 Å². The predicted molar refractivity (Wildman–Crippen MR) is 85.5 cm³/mol. The lowest BCUT2D eigenvalue weighted by Gasteiger charge is -2.16. The molecule has 1 aromatic rings. The number of nitrogens with zero attached hydrogens (tertiary/aromatic N) is 2. The van der Waals surface area contributed by atoms with Gasteiger partial charge in [-0.15, -0.1) is 0 Å². The maximum absolute atomic E-state index is 12.1. The molecule has 7 heteroatoms. The fraction of sp³-hybridized carbons (Fsp3) is 0.500. The number of hydrogen-bond donors (Lipinski definition) is 0. The topological polar surface area (TPSA) is 68.3 Å². The van der Waals surface area contributed by atoms with Crippen molar-refractivity contribution in [3.63, 3.8) is 0 Å². The third kappa shape index (κ3) is 5.45. The summed E-state index contributed by atoms with van der Waals surface area (Å²) >= 11 is 0. The van der Waals surface area contributed by atoms with Crippen LogP contribution in [0, 0.1) is 0 Å². The Morgan fingerprint density at radius 2 is 1.74 bits per heavy atom. The van der Waals surface area contributed by atoms with Crippen molar-refractivity contribution in [2.75, 3.05) is 41.5 Å². The van der Waals surface area contributed by atoms with Gasteiger partial charge in [0.2, 0.25) is 6.41 Å². The molecule has 7 nitrogen and oxygen atoms in total. The van der Waals surface area contributed by atoms with Gasteiger partial charge in [-0.1, -0.05) is 0 Å². The molecular weight excluding hydrogens is 300 g/mol. The van der Waals surface area contributed by atoms with E-state index in [2.05, 4.69) is 4.84 Å². The second-order valence-electron chi connectivity index (χ2n) is 4.90. The number of methoxy groups -OCH3 is 2. The summed E-state index contributed by atoms with van der Waals surface area (Å²) in [5.41, 5.74) is 0.657. The van der Waals surface area contributed by atoms with Crippen molar-refractivity contribution >= 4 is 12.3 Å². The van der Waals surface area contributed by atoms with Gasteiger partial charge < -0.3 is 14.4 Å². The first-order valence-electron chi connectivity index (χ1n) is 7.30. The number of amides is 2. The van der Waals surface area contributed by atoms with Gasteiger partial charge in [-0.3, -0.25) is 14.4 Å². The van der Waals surface area contributed by atoms with Gasteiger partial charge in [-0.25, -0.2) is 5.06 Å².